The van der Waals surface area contributed by atoms with Gasteiger partial charge in [0.15, 0.2) is 0 Å². The summed E-state index contributed by atoms with van der Waals surface area (Å²) in [6.07, 6.45) is 0. The van der Waals surface area contributed by atoms with Crippen molar-refractivity contribution in [2.75, 3.05) is 13.1 Å². The zero-order valence-electron chi connectivity index (χ0n) is 10.8. The van der Waals surface area contributed by atoms with Crippen LogP contribution in [0.4, 0.5) is 0 Å². The van der Waals surface area contributed by atoms with Gasteiger partial charge in [-0.1, -0.05) is 59.0 Å². The molecule has 2 rings (SSSR count). The summed E-state index contributed by atoms with van der Waals surface area (Å²) in [6, 6.07) is 10.2. The fourth-order valence-electron chi connectivity index (χ4n) is 2.38. The van der Waals surface area contributed by atoms with Gasteiger partial charge in [-0.05, 0) is 12.5 Å². The lowest BCUT2D eigenvalue weighted by atomic mass is 9.97. The third-order valence-corrected chi connectivity index (χ3v) is 4.66. The maximum absolute atomic E-state index is 12.0. The number of amides is 1. The van der Waals surface area contributed by atoms with Gasteiger partial charge < -0.3 is 4.90 Å². The van der Waals surface area contributed by atoms with E-state index in [1.807, 2.05) is 12.1 Å². The Morgan fingerprint density at radius 1 is 1.53 bits per heavy atom. The predicted molar refractivity (Wildman–Crippen MR) is 83.1 cm³/mol. The van der Waals surface area contributed by atoms with Crippen LogP contribution in [0.15, 0.2) is 36.4 Å². The summed E-state index contributed by atoms with van der Waals surface area (Å²) in [5.41, 5.74) is 2.51. The Hall–Kier alpha value is -1.35. The Bertz CT molecular complexity index is 562. The second-order valence-corrected chi connectivity index (χ2v) is 6.44. The number of halogens is 1. The van der Waals surface area contributed by atoms with Crippen LogP contribution in [-0.4, -0.2) is 27.8 Å². The normalized spacial score (nSPS) is 22.1. The van der Waals surface area contributed by atoms with Gasteiger partial charge in [0.2, 0.25) is 0 Å². The number of alkyl halides is 1. The number of rotatable bonds is 2. The van der Waals surface area contributed by atoms with E-state index in [4.69, 9.17) is 5.26 Å². The molecule has 1 aromatic carbocycles. The minimum absolute atomic E-state index is 0.0218. The van der Waals surface area contributed by atoms with Gasteiger partial charge >= 0.3 is 0 Å². The minimum Gasteiger partial charge on any atom is -0.336 e. The number of likely N-dealkylation sites (tertiary alicyclic amines) is 1. The third-order valence-electron chi connectivity index (χ3n) is 3.40. The molecule has 1 heterocycles. The Morgan fingerprint density at radius 2 is 2.26 bits per heavy atom. The molecule has 1 aliphatic rings. The molecule has 2 unspecified atom stereocenters. The highest BCUT2D eigenvalue weighted by Gasteiger charge is 2.35. The average molecular weight is 366 g/mol. The van der Waals surface area contributed by atoms with E-state index in [-0.39, 0.29) is 11.5 Å². The number of carbonyl (C=O) groups excluding carboxylic acids is 1. The van der Waals surface area contributed by atoms with E-state index >= 15 is 0 Å². The molecule has 3 nitrogen and oxygen atoms in total. The van der Waals surface area contributed by atoms with Crippen LogP contribution in [0, 0.1) is 18.3 Å². The van der Waals surface area contributed by atoms with Gasteiger partial charge in [-0.15, -0.1) is 0 Å². The molecule has 0 saturated carbocycles. The van der Waals surface area contributed by atoms with Crippen molar-refractivity contribution in [3.8, 4) is 6.07 Å². The van der Waals surface area contributed by atoms with Gasteiger partial charge in [-0.2, -0.15) is 5.26 Å². The van der Waals surface area contributed by atoms with E-state index in [9.17, 15) is 4.79 Å². The van der Waals surface area contributed by atoms with Crippen LogP contribution in [0.5, 0.6) is 0 Å². The molecule has 1 amide bonds. The lowest BCUT2D eigenvalue weighted by Crippen LogP contribution is -2.29. The predicted octanol–water partition coefficient (Wildman–Crippen LogP) is 2.80. The van der Waals surface area contributed by atoms with Gasteiger partial charge in [-0.25, -0.2) is 0 Å². The van der Waals surface area contributed by atoms with Gasteiger partial charge in [0.05, 0.1) is 0 Å². The monoisotopic (exact) mass is 366 g/mol. The van der Waals surface area contributed by atoms with Crippen molar-refractivity contribution in [3.05, 3.63) is 47.5 Å². The molecule has 0 radical (unpaired) electrons. The molecule has 1 aliphatic heterocycles. The molecule has 0 spiro atoms. The van der Waals surface area contributed by atoms with Crippen LogP contribution in [0.1, 0.15) is 17.0 Å². The lowest BCUT2D eigenvalue weighted by Gasteiger charge is -2.15. The van der Waals surface area contributed by atoms with Crippen molar-refractivity contribution < 1.29 is 4.79 Å². The molecule has 19 heavy (non-hydrogen) atoms. The van der Waals surface area contributed by atoms with Crippen LogP contribution in [0.3, 0.4) is 0 Å². The summed E-state index contributed by atoms with van der Waals surface area (Å²) >= 11 is 2.39. The smallest absolute Gasteiger partial charge is 0.263 e. The number of nitriles is 1. The Morgan fingerprint density at radius 3 is 2.89 bits per heavy atom. The first-order chi connectivity index (χ1) is 9.02. The SMILES string of the molecule is C=C(C#N)C(=O)N1CC(I)C(c2cccc(C)c2)C1. The maximum Gasteiger partial charge on any atom is 0.263 e. The fraction of sp³-hybridized carbons (Fsp3) is 0.333. The average Bonchev–Trinajstić information content (AvgIpc) is 2.79. The molecule has 4 heteroatoms. The molecule has 2 atom stereocenters. The Kier molecular flexibility index (Phi) is 4.25. The number of benzene rings is 1. The molecule has 0 bridgehead atoms. The Balaban J connectivity index is 2.17. The number of carbonyl (C=O) groups is 1. The summed E-state index contributed by atoms with van der Waals surface area (Å²) in [5, 5.41) is 8.75. The first-order valence-electron chi connectivity index (χ1n) is 6.12. The molecule has 1 saturated heterocycles. The molecule has 1 fully saturated rings. The van der Waals surface area contributed by atoms with E-state index in [1.165, 1.54) is 11.1 Å². The van der Waals surface area contributed by atoms with Crippen molar-refractivity contribution in [1.29, 1.82) is 5.26 Å². The summed E-state index contributed by atoms with van der Waals surface area (Å²) < 4.78 is 0.370. The number of nitrogens with zero attached hydrogens (tertiary/aromatic N) is 2. The number of hydrogen-bond donors (Lipinski definition) is 0. The van der Waals surface area contributed by atoms with Crippen LogP contribution in [0.2, 0.25) is 0 Å². The van der Waals surface area contributed by atoms with E-state index in [1.54, 1.807) is 4.90 Å². The van der Waals surface area contributed by atoms with Crippen molar-refractivity contribution in [2.24, 2.45) is 0 Å². The maximum atomic E-state index is 12.0. The highest BCUT2D eigenvalue weighted by molar-refractivity contribution is 14.1. The molecule has 0 aliphatic carbocycles. The molecule has 98 valence electrons. The number of aryl methyl sites for hydroxylation is 1. The van der Waals surface area contributed by atoms with E-state index in [0.29, 0.717) is 22.9 Å². The topological polar surface area (TPSA) is 44.1 Å². The fourth-order valence-corrected chi connectivity index (χ4v) is 3.50. The zero-order valence-corrected chi connectivity index (χ0v) is 12.9. The van der Waals surface area contributed by atoms with E-state index < -0.39 is 0 Å². The van der Waals surface area contributed by atoms with Crippen molar-refractivity contribution in [3.63, 3.8) is 0 Å². The highest BCUT2D eigenvalue weighted by Crippen LogP contribution is 2.33. The van der Waals surface area contributed by atoms with Gasteiger partial charge in [-0.3, -0.25) is 4.79 Å². The first-order valence-corrected chi connectivity index (χ1v) is 7.36. The summed E-state index contributed by atoms with van der Waals surface area (Å²) in [4.78, 5) is 13.7. The molecule has 0 aromatic heterocycles. The Labute approximate surface area is 127 Å². The second kappa shape index (κ2) is 5.74. The van der Waals surface area contributed by atoms with Crippen LogP contribution < -0.4 is 0 Å². The van der Waals surface area contributed by atoms with Crippen molar-refractivity contribution >= 4 is 28.5 Å². The first kappa shape index (κ1) is 14.1. The summed E-state index contributed by atoms with van der Waals surface area (Å²) in [7, 11) is 0. The van der Waals surface area contributed by atoms with Crippen molar-refractivity contribution in [2.45, 2.75) is 16.8 Å². The minimum atomic E-state index is -0.237. The summed E-state index contributed by atoms with van der Waals surface area (Å²) in [5.74, 6) is 0.0928. The van der Waals surface area contributed by atoms with Gasteiger partial charge in [0.25, 0.3) is 5.91 Å². The molecule has 1 aromatic rings. The summed E-state index contributed by atoms with van der Waals surface area (Å²) in [6.45, 7) is 6.91. The molecule has 0 N–H and O–H groups in total. The quantitative estimate of drug-likeness (QED) is 0.350. The molecular formula is C15H15IN2O. The van der Waals surface area contributed by atoms with Crippen LogP contribution in [-0.2, 0) is 4.79 Å². The number of hydrogen-bond acceptors (Lipinski definition) is 2. The second-order valence-electron chi connectivity index (χ2n) is 4.84. The van der Waals surface area contributed by atoms with Crippen LogP contribution in [0.25, 0.3) is 0 Å². The zero-order chi connectivity index (χ0) is 14.0. The van der Waals surface area contributed by atoms with Gasteiger partial charge in [0, 0.05) is 22.9 Å². The standard InChI is InChI=1S/C15H15IN2O/c1-10-4-3-5-12(6-10)13-8-18(9-14(13)16)15(19)11(2)7-17/h3-6,13-14H,2,8-9H2,1H3. The third kappa shape index (κ3) is 2.98. The van der Waals surface area contributed by atoms with Gasteiger partial charge in [0.1, 0.15) is 11.6 Å². The highest BCUT2D eigenvalue weighted by atomic mass is 127. The van der Waals surface area contributed by atoms with Crippen LogP contribution >= 0.6 is 22.6 Å². The van der Waals surface area contributed by atoms with E-state index in [0.717, 1.165) is 0 Å². The largest absolute Gasteiger partial charge is 0.336 e. The lowest BCUT2D eigenvalue weighted by molar-refractivity contribution is -0.125. The van der Waals surface area contributed by atoms with Crippen molar-refractivity contribution in [1.82, 2.24) is 4.90 Å². The molecular weight excluding hydrogens is 351 g/mol. The van der Waals surface area contributed by atoms with E-state index in [2.05, 4.69) is 54.3 Å².